The van der Waals surface area contributed by atoms with Crippen molar-refractivity contribution >= 4 is 0 Å². The molecule has 0 aliphatic carbocycles. The van der Waals surface area contributed by atoms with Crippen LogP contribution in [-0.2, 0) is 18.9 Å². The second-order valence-corrected chi connectivity index (χ2v) is 4.50. The van der Waals surface area contributed by atoms with Crippen LogP contribution in [0.4, 0.5) is 0 Å². The molecular weight excluding hydrogens is 234 g/mol. The first kappa shape index (κ1) is 15.9. The summed E-state index contributed by atoms with van der Waals surface area (Å²) in [5.41, 5.74) is 0. The average Bonchev–Trinajstić information content (AvgIpc) is 2.89. The fourth-order valence-corrected chi connectivity index (χ4v) is 1.82. The third kappa shape index (κ3) is 8.83. The molecule has 18 heavy (non-hydrogen) atoms. The van der Waals surface area contributed by atoms with Crippen LogP contribution in [0.2, 0.25) is 0 Å². The van der Waals surface area contributed by atoms with E-state index in [0.717, 1.165) is 52.5 Å². The second kappa shape index (κ2) is 11.9. The van der Waals surface area contributed by atoms with Crippen molar-refractivity contribution < 1.29 is 18.9 Å². The molecule has 0 saturated carbocycles. The molecule has 1 unspecified atom stereocenters. The molecule has 0 radical (unpaired) electrons. The van der Waals surface area contributed by atoms with Crippen molar-refractivity contribution in [2.75, 3.05) is 66.4 Å². The maximum atomic E-state index is 5.45. The molecule has 1 atom stereocenters. The number of methoxy groups -OCH3 is 1. The van der Waals surface area contributed by atoms with Gasteiger partial charge < -0.3 is 24.3 Å². The standard InChI is InChI=1S/C13H27NO4/c1-15-5-2-6-16-9-10-17-8-4-14-11-13-3-7-18-12-13/h13-14H,2-12H2,1H3. The van der Waals surface area contributed by atoms with E-state index in [1.807, 2.05) is 0 Å². The second-order valence-electron chi connectivity index (χ2n) is 4.50. The van der Waals surface area contributed by atoms with Gasteiger partial charge in [-0.05, 0) is 18.8 Å². The van der Waals surface area contributed by atoms with Gasteiger partial charge in [-0.3, -0.25) is 0 Å². The lowest BCUT2D eigenvalue weighted by Crippen LogP contribution is -2.27. The van der Waals surface area contributed by atoms with Gasteiger partial charge in [-0.15, -0.1) is 0 Å². The minimum Gasteiger partial charge on any atom is -0.385 e. The highest BCUT2D eigenvalue weighted by Crippen LogP contribution is 2.10. The summed E-state index contributed by atoms with van der Waals surface area (Å²) in [7, 11) is 1.70. The lowest BCUT2D eigenvalue weighted by molar-refractivity contribution is 0.0406. The number of hydrogen-bond donors (Lipinski definition) is 1. The highest BCUT2D eigenvalue weighted by Gasteiger charge is 2.14. The van der Waals surface area contributed by atoms with Gasteiger partial charge >= 0.3 is 0 Å². The molecule has 0 aromatic rings. The molecule has 1 saturated heterocycles. The molecule has 0 spiro atoms. The maximum Gasteiger partial charge on any atom is 0.0701 e. The normalized spacial score (nSPS) is 19.5. The Kier molecular flexibility index (Phi) is 10.5. The summed E-state index contributed by atoms with van der Waals surface area (Å²) in [4.78, 5) is 0. The Morgan fingerprint density at radius 1 is 1.11 bits per heavy atom. The van der Waals surface area contributed by atoms with Crippen LogP contribution in [0.25, 0.3) is 0 Å². The lowest BCUT2D eigenvalue weighted by atomic mass is 10.1. The largest absolute Gasteiger partial charge is 0.385 e. The van der Waals surface area contributed by atoms with Gasteiger partial charge in [0.1, 0.15) is 0 Å². The van der Waals surface area contributed by atoms with Crippen LogP contribution < -0.4 is 5.32 Å². The molecule has 1 rings (SSSR count). The minimum absolute atomic E-state index is 0.667. The van der Waals surface area contributed by atoms with Gasteiger partial charge in [0.25, 0.3) is 0 Å². The first-order valence-corrected chi connectivity index (χ1v) is 6.86. The third-order valence-corrected chi connectivity index (χ3v) is 2.89. The predicted octanol–water partition coefficient (Wildman–Crippen LogP) is 0.682. The van der Waals surface area contributed by atoms with E-state index < -0.39 is 0 Å². The molecule has 1 fully saturated rings. The first-order chi connectivity index (χ1) is 8.93. The Labute approximate surface area is 110 Å². The van der Waals surface area contributed by atoms with E-state index in [4.69, 9.17) is 18.9 Å². The predicted molar refractivity (Wildman–Crippen MR) is 69.9 cm³/mol. The molecule has 108 valence electrons. The van der Waals surface area contributed by atoms with Crippen molar-refractivity contribution in [2.45, 2.75) is 12.8 Å². The molecule has 5 heteroatoms. The van der Waals surface area contributed by atoms with Crippen molar-refractivity contribution in [3.05, 3.63) is 0 Å². The molecule has 1 heterocycles. The zero-order chi connectivity index (χ0) is 12.9. The van der Waals surface area contributed by atoms with Crippen LogP contribution in [0.5, 0.6) is 0 Å². The Morgan fingerprint density at radius 3 is 2.67 bits per heavy atom. The Balaban J connectivity index is 1.68. The number of hydrogen-bond acceptors (Lipinski definition) is 5. The smallest absolute Gasteiger partial charge is 0.0701 e. The summed E-state index contributed by atoms with van der Waals surface area (Å²) in [6.07, 6.45) is 2.13. The van der Waals surface area contributed by atoms with Crippen LogP contribution in [0, 0.1) is 5.92 Å². The van der Waals surface area contributed by atoms with Crippen molar-refractivity contribution in [3.8, 4) is 0 Å². The van der Waals surface area contributed by atoms with Gasteiger partial charge in [0.05, 0.1) is 26.4 Å². The lowest BCUT2D eigenvalue weighted by Gasteiger charge is -2.09. The van der Waals surface area contributed by atoms with Crippen LogP contribution in [-0.4, -0.2) is 66.4 Å². The molecule has 1 N–H and O–H groups in total. The van der Waals surface area contributed by atoms with Crippen LogP contribution in [0.3, 0.4) is 0 Å². The fourth-order valence-electron chi connectivity index (χ4n) is 1.82. The average molecular weight is 261 g/mol. The van der Waals surface area contributed by atoms with Crippen molar-refractivity contribution in [1.29, 1.82) is 0 Å². The summed E-state index contributed by atoms with van der Waals surface area (Å²) in [5, 5.41) is 3.38. The monoisotopic (exact) mass is 261 g/mol. The summed E-state index contributed by atoms with van der Waals surface area (Å²) < 4.78 is 21.1. The molecule has 0 bridgehead atoms. The van der Waals surface area contributed by atoms with Crippen molar-refractivity contribution in [2.24, 2.45) is 5.92 Å². The summed E-state index contributed by atoms with van der Waals surface area (Å²) >= 11 is 0. The van der Waals surface area contributed by atoms with Gasteiger partial charge in [0.15, 0.2) is 0 Å². The molecule has 0 amide bonds. The zero-order valence-electron chi connectivity index (χ0n) is 11.5. The zero-order valence-corrected chi connectivity index (χ0v) is 11.5. The molecule has 1 aliphatic rings. The third-order valence-electron chi connectivity index (χ3n) is 2.89. The van der Waals surface area contributed by atoms with E-state index in [2.05, 4.69) is 5.32 Å². The van der Waals surface area contributed by atoms with E-state index in [9.17, 15) is 0 Å². The molecule has 0 aromatic carbocycles. The van der Waals surface area contributed by atoms with Gasteiger partial charge in [-0.1, -0.05) is 0 Å². The van der Waals surface area contributed by atoms with E-state index in [0.29, 0.717) is 19.1 Å². The SMILES string of the molecule is COCCCOCCOCCNCC1CCOC1. The highest BCUT2D eigenvalue weighted by atomic mass is 16.5. The van der Waals surface area contributed by atoms with Crippen molar-refractivity contribution in [1.82, 2.24) is 5.32 Å². The Bertz CT molecular complexity index is 174. The minimum atomic E-state index is 0.667. The highest BCUT2D eigenvalue weighted by molar-refractivity contribution is 4.66. The Hall–Kier alpha value is -0.200. The van der Waals surface area contributed by atoms with E-state index in [-0.39, 0.29) is 0 Å². The van der Waals surface area contributed by atoms with E-state index in [1.165, 1.54) is 6.42 Å². The molecule has 1 aliphatic heterocycles. The van der Waals surface area contributed by atoms with E-state index in [1.54, 1.807) is 7.11 Å². The Morgan fingerprint density at radius 2 is 1.94 bits per heavy atom. The van der Waals surface area contributed by atoms with E-state index >= 15 is 0 Å². The summed E-state index contributed by atoms with van der Waals surface area (Å²) in [6, 6.07) is 0. The van der Waals surface area contributed by atoms with Gasteiger partial charge in [-0.2, -0.15) is 0 Å². The quantitative estimate of drug-likeness (QED) is 0.524. The summed E-state index contributed by atoms with van der Waals surface area (Å²) in [6.45, 7) is 7.35. The summed E-state index contributed by atoms with van der Waals surface area (Å²) in [5.74, 6) is 0.689. The first-order valence-electron chi connectivity index (χ1n) is 6.86. The van der Waals surface area contributed by atoms with Crippen LogP contribution >= 0.6 is 0 Å². The fraction of sp³-hybridized carbons (Fsp3) is 1.00. The van der Waals surface area contributed by atoms with Gasteiger partial charge in [0.2, 0.25) is 0 Å². The number of nitrogens with one attached hydrogen (secondary N) is 1. The maximum absolute atomic E-state index is 5.45. The van der Waals surface area contributed by atoms with Crippen molar-refractivity contribution in [3.63, 3.8) is 0 Å². The van der Waals surface area contributed by atoms with Gasteiger partial charge in [0, 0.05) is 40.0 Å². The number of ether oxygens (including phenoxy) is 4. The molecular formula is C13H27NO4. The number of rotatable bonds is 12. The molecule has 5 nitrogen and oxygen atoms in total. The van der Waals surface area contributed by atoms with Crippen LogP contribution in [0.15, 0.2) is 0 Å². The van der Waals surface area contributed by atoms with Crippen LogP contribution in [0.1, 0.15) is 12.8 Å². The van der Waals surface area contributed by atoms with Gasteiger partial charge in [-0.25, -0.2) is 0 Å². The topological polar surface area (TPSA) is 49.0 Å². The molecule has 0 aromatic heterocycles.